The number of aryl methyl sites for hydroxylation is 1. The number of halogens is 1. The lowest BCUT2D eigenvalue weighted by Gasteiger charge is -2.31. The third-order valence-corrected chi connectivity index (χ3v) is 5.78. The second-order valence-corrected chi connectivity index (χ2v) is 8.37. The molecule has 7 nitrogen and oxygen atoms in total. The molecule has 2 amide bonds. The van der Waals surface area contributed by atoms with Gasteiger partial charge in [-0.15, -0.1) is 0 Å². The number of methoxy groups -OCH3 is 1. The molecule has 0 saturated carbocycles. The van der Waals surface area contributed by atoms with E-state index in [1.54, 1.807) is 16.9 Å². The van der Waals surface area contributed by atoms with Crippen molar-refractivity contribution in [1.82, 2.24) is 9.80 Å². The second kappa shape index (κ2) is 11.5. The molecule has 0 bridgehead atoms. The number of benzene rings is 2. The summed E-state index contributed by atoms with van der Waals surface area (Å²) in [5.41, 5.74) is 10.1. The smallest absolute Gasteiger partial charge is 0.272 e. The lowest BCUT2D eigenvalue weighted by molar-refractivity contribution is -0.125. The average Bonchev–Trinajstić information content (AvgIpc) is 2.84. The van der Waals surface area contributed by atoms with E-state index in [0.29, 0.717) is 56.1 Å². The van der Waals surface area contributed by atoms with Crippen molar-refractivity contribution >= 4 is 29.6 Å². The van der Waals surface area contributed by atoms with E-state index in [1.165, 1.54) is 5.56 Å². The number of rotatable bonds is 5. The van der Waals surface area contributed by atoms with E-state index in [-0.39, 0.29) is 5.91 Å². The highest BCUT2D eigenvalue weighted by Crippen LogP contribution is 2.20. The highest BCUT2D eigenvalue weighted by atomic mass is 35.5. The van der Waals surface area contributed by atoms with Gasteiger partial charge in [-0.2, -0.15) is 0 Å². The maximum atomic E-state index is 12.9. The van der Waals surface area contributed by atoms with Crippen LogP contribution >= 0.6 is 11.6 Å². The van der Waals surface area contributed by atoms with Crippen LogP contribution in [0, 0.1) is 6.92 Å². The number of ether oxygens (including phenoxy) is 1. The fraction of sp³-hybridized carbons (Fsp3) is 0.320. The van der Waals surface area contributed by atoms with Crippen LogP contribution in [-0.4, -0.2) is 61.1 Å². The number of hydrogen-bond donors (Lipinski definition) is 1. The molecule has 174 valence electrons. The first-order valence-electron chi connectivity index (χ1n) is 10.8. The number of nitrogens with zero attached hydrogens (tertiary/aromatic N) is 3. The molecule has 4 rings (SSSR count). The van der Waals surface area contributed by atoms with Gasteiger partial charge in [0.15, 0.2) is 0 Å². The van der Waals surface area contributed by atoms with Gasteiger partial charge >= 0.3 is 0 Å². The molecule has 2 aromatic carbocycles. The van der Waals surface area contributed by atoms with Crippen molar-refractivity contribution in [2.75, 3.05) is 33.3 Å². The number of amides is 2. The van der Waals surface area contributed by atoms with Gasteiger partial charge < -0.3 is 20.3 Å². The Morgan fingerprint density at radius 3 is 2.42 bits per heavy atom. The zero-order valence-electron chi connectivity index (χ0n) is 19.0. The Morgan fingerprint density at radius 1 is 1.12 bits per heavy atom. The molecular formula is C25H29ClN4O3. The highest BCUT2D eigenvalue weighted by Gasteiger charge is 2.30. The van der Waals surface area contributed by atoms with Gasteiger partial charge in [-0.05, 0) is 36.8 Å². The van der Waals surface area contributed by atoms with E-state index in [9.17, 15) is 9.59 Å². The van der Waals surface area contributed by atoms with Crippen LogP contribution in [0.15, 0.2) is 64.8 Å². The van der Waals surface area contributed by atoms with Crippen molar-refractivity contribution in [3.63, 3.8) is 0 Å². The Balaban J connectivity index is 0.000000323. The van der Waals surface area contributed by atoms with Crippen molar-refractivity contribution in [3.05, 3.63) is 76.0 Å². The summed E-state index contributed by atoms with van der Waals surface area (Å²) in [6.07, 6.45) is 1.36. The van der Waals surface area contributed by atoms with Crippen molar-refractivity contribution in [2.45, 2.75) is 19.9 Å². The van der Waals surface area contributed by atoms with E-state index >= 15 is 0 Å². The van der Waals surface area contributed by atoms with Crippen molar-refractivity contribution in [2.24, 2.45) is 10.7 Å². The molecule has 0 unspecified atom stereocenters. The summed E-state index contributed by atoms with van der Waals surface area (Å²) in [7, 11) is 1.62. The molecule has 33 heavy (non-hydrogen) atoms. The monoisotopic (exact) mass is 468 g/mol. The van der Waals surface area contributed by atoms with E-state index in [1.807, 2.05) is 55.5 Å². The van der Waals surface area contributed by atoms with Crippen molar-refractivity contribution in [3.8, 4) is 5.75 Å². The second-order valence-electron chi connectivity index (χ2n) is 7.93. The molecule has 0 saturated heterocycles. The molecule has 0 fully saturated rings. The van der Waals surface area contributed by atoms with Gasteiger partial charge in [-0.25, -0.2) is 0 Å². The Bertz CT molecular complexity index is 1010. The molecule has 2 aromatic rings. The van der Waals surface area contributed by atoms with Crippen LogP contribution in [0.2, 0.25) is 5.02 Å². The molecule has 0 aromatic heterocycles. The number of carbonyl (C=O) groups is 2. The molecule has 2 aliphatic heterocycles. The van der Waals surface area contributed by atoms with Crippen LogP contribution < -0.4 is 10.5 Å². The van der Waals surface area contributed by atoms with Gasteiger partial charge in [-0.3, -0.25) is 14.6 Å². The summed E-state index contributed by atoms with van der Waals surface area (Å²) in [5, 5.41) is 0.801. The molecular weight excluding hydrogens is 440 g/mol. The summed E-state index contributed by atoms with van der Waals surface area (Å²) in [6, 6.07) is 15.4. The maximum Gasteiger partial charge on any atom is 0.272 e. The van der Waals surface area contributed by atoms with E-state index in [0.717, 1.165) is 22.7 Å². The van der Waals surface area contributed by atoms with Gasteiger partial charge in [-0.1, -0.05) is 41.4 Å². The predicted molar refractivity (Wildman–Crippen MR) is 130 cm³/mol. The first kappa shape index (κ1) is 24.3. The molecule has 0 aliphatic carbocycles. The van der Waals surface area contributed by atoms with Crippen LogP contribution in [-0.2, 0) is 16.1 Å². The SMILES string of the molecule is COc1ccc(CN2CCN=C(C3=C(N)CCN(C=O)C3)C2=O)cc1.Cc1ccc(Cl)cc1. The topological polar surface area (TPSA) is 88.2 Å². The molecule has 8 heteroatoms. The summed E-state index contributed by atoms with van der Waals surface area (Å²) in [5.74, 6) is 0.651. The fourth-order valence-corrected chi connectivity index (χ4v) is 3.70. The van der Waals surface area contributed by atoms with Crippen LogP contribution in [0.1, 0.15) is 17.5 Å². The first-order valence-corrected chi connectivity index (χ1v) is 11.1. The largest absolute Gasteiger partial charge is 0.497 e. The minimum atomic E-state index is -0.132. The minimum Gasteiger partial charge on any atom is -0.497 e. The van der Waals surface area contributed by atoms with Gasteiger partial charge in [0, 0.05) is 48.9 Å². The standard InChI is InChI=1S/C18H22N4O3.C7H7Cl/c1-25-14-4-2-13(3-5-14)10-22-9-7-20-17(18(22)24)15-11-21(12-23)8-6-16(15)19;1-6-2-4-7(8)5-3-6/h2-5,12H,6-11,19H2,1H3;2-5H,1H3. The van der Waals surface area contributed by atoms with Crippen LogP contribution in [0.5, 0.6) is 5.75 Å². The molecule has 0 spiro atoms. The molecule has 0 radical (unpaired) electrons. The molecule has 0 atom stereocenters. The highest BCUT2D eigenvalue weighted by molar-refractivity contribution is 6.45. The summed E-state index contributed by atoms with van der Waals surface area (Å²) in [4.78, 5) is 31.7. The molecule has 2 heterocycles. The minimum absolute atomic E-state index is 0.132. The lowest BCUT2D eigenvalue weighted by atomic mass is 9.99. The zero-order chi connectivity index (χ0) is 23.8. The normalized spacial score (nSPS) is 16.1. The van der Waals surface area contributed by atoms with Gasteiger partial charge in [0.2, 0.25) is 6.41 Å². The lowest BCUT2D eigenvalue weighted by Crippen LogP contribution is -2.45. The van der Waals surface area contributed by atoms with Gasteiger partial charge in [0.05, 0.1) is 13.7 Å². The Labute approximate surface area is 199 Å². The Hall–Kier alpha value is -3.32. The quantitative estimate of drug-likeness (QED) is 0.682. The third-order valence-electron chi connectivity index (χ3n) is 5.53. The summed E-state index contributed by atoms with van der Waals surface area (Å²) in [6.45, 7) is 4.57. The van der Waals surface area contributed by atoms with E-state index in [2.05, 4.69) is 4.99 Å². The van der Waals surface area contributed by atoms with Crippen LogP contribution in [0.3, 0.4) is 0 Å². The van der Waals surface area contributed by atoms with Gasteiger partial charge in [0.1, 0.15) is 11.5 Å². The first-order chi connectivity index (χ1) is 15.9. The zero-order valence-corrected chi connectivity index (χ0v) is 19.7. The number of carbonyl (C=O) groups excluding carboxylic acids is 2. The molecule has 2 aliphatic rings. The van der Waals surface area contributed by atoms with Gasteiger partial charge in [0.25, 0.3) is 5.91 Å². The number of nitrogens with two attached hydrogens (primary N) is 1. The number of aliphatic imine (C=N–C) groups is 1. The van der Waals surface area contributed by atoms with Crippen LogP contribution in [0.4, 0.5) is 0 Å². The maximum absolute atomic E-state index is 12.9. The Morgan fingerprint density at radius 2 is 1.82 bits per heavy atom. The van der Waals surface area contributed by atoms with Crippen molar-refractivity contribution in [1.29, 1.82) is 0 Å². The Kier molecular flexibility index (Phi) is 8.49. The predicted octanol–water partition coefficient (Wildman–Crippen LogP) is 3.20. The fourth-order valence-electron chi connectivity index (χ4n) is 3.58. The summed E-state index contributed by atoms with van der Waals surface area (Å²) < 4.78 is 5.16. The van der Waals surface area contributed by atoms with Crippen molar-refractivity contribution < 1.29 is 14.3 Å². The van der Waals surface area contributed by atoms with E-state index < -0.39 is 0 Å². The van der Waals surface area contributed by atoms with Crippen LogP contribution in [0.25, 0.3) is 0 Å². The average molecular weight is 469 g/mol. The number of hydrogen-bond acceptors (Lipinski definition) is 5. The summed E-state index contributed by atoms with van der Waals surface area (Å²) >= 11 is 5.61. The molecule has 2 N–H and O–H groups in total. The third kappa shape index (κ3) is 6.58. The van der Waals surface area contributed by atoms with E-state index in [4.69, 9.17) is 22.1 Å².